The van der Waals surface area contributed by atoms with Gasteiger partial charge in [0.25, 0.3) is 5.91 Å². The van der Waals surface area contributed by atoms with Crippen LogP contribution in [-0.2, 0) is 9.59 Å². The number of carbonyl (C=O) groups excluding carboxylic acids is 2. The molecule has 0 radical (unpaired) electrons. The second-order valence-electron chi connectivity index (χ2n) is 5.55. The fraction of sp³-hybridized carbons (Fsp3) is 0.222. The molecule has 3 rings (SSSR count). The molecule has 2 aromatic rings. The van der Waals surface area contributed by atoms with E-state index in [1.165, 1.54) is 7.11 Å². The standard InChI is InChI=1S/C18H18N2O4/c1-11-7-8-14(23-2)13(9-11)19-17(21)10-16-18(22)20-12-5-3-4-6-15(12)24-16/h3-9,16H,10H2,1-2H3,(H,19,21)(H,20,22)/t16-/m1/s1. The Kier molecular flexibility index (Phi) is 4.37. The predicted octanol–water partition coefficient (Wildman–Crippen LogP) is 2.73. The van der Waals surface area contributed by atoms with Crippen molar-refractivity contribution in [3.05, 3.63) is 48.0 Å². The normalized spacial score (nSPS) is 15.8. The number of ether oxygens (including phenoxy) is 2. The van der Waals surface area contributed by atoms with Crippen LogP contribution in [0.3, 0.4) is 0 Å². The molecule has 0 fully saturated rings. The molecule has 24 heavy (non-hydrogen) atoms. The zero-order chi connectivity index (χ0) is 17.1. The first kappa shape index (κ1) is 15.9. The van der Waals surface area contributed by atoms with Gasteiger partial charge in [-0.1, -0.05) is 18.2 Å². The number of carbonyl (C=O) groups is 2. The van der Waals surface area contributed by atoms with Crippen LogP contribution < -0.4 is 20.1 Å². The molecular formula is C18H18N2O4. The number of methoxy groups -OCH3 is 1. The number of rotatable bonds is 4. The number of para-hydroxylation sites is 2. The molecule has 2 N–H and O–H groups in total. The van der Waals surface area contributed by atoms with Crippen molar-refractivity contribution in [2.75, 3.05) is 17.7 Å². The van der Waals surface area contributed by atoms with Gasteiger partial charge in [-0.25, -0.2) is 0 Å². The summed E-state index contributed by atoms with van der Waals surface area (Å²) in [4.78, 5) is 24.4. The average molecular weight is 326 g/mol. The van der Waals surface area contributed by atoms with Crippen LogP contribution in [0.1, 0.15) is 12.0 Å². The van der Waals surface area contributed by atoms with E-state index in [1.54, 1.807) is 24.3 Å². The van der Waals surface area contributed by atoms with Crippen LogP contribution in [-0.4, -0.2) is 25.0 Å². The van der Waals surface area contributed by atoms with Gasteiger partial charge in [-0.15, -0.1) is 0 Å². The Morgan fingerprint density at radius 1 is 1.29 bits per heavy atom. The van der Waals surface area contributed by atoms with E-state index in [9.17, 15) is 9.59 Å². The van der Waals surface area contributed by atoms with Crippen molar-refractivity contribution in [2.45, 2.75) is 19.4 Å². The summed E-state index contributed by atoms with van der Waals surface area (Å²) in [6.07, 6.45) is -0.951. The fourth-order valence-electron chi connectivity index (χ4n) is 2.52. The molecule has 2 amide bonds. The molecule has 0 aliphatic carbocycles. The van der Waals surface area contributed by atoms with Gasteiger partial charge >= 0.3 is 0 Å². The van der Waals surface area contributed by atoms with Crippen molar-refractivity contribution in [1.82, 2.24) is 0 Å². The number of fused-ring (bicyclic) bond motifs is 1. The monoisotopic (exact) mass is 326 g/mol. The van der Waals surface area contributed by atoms with Crippen molar-refractivity contribution >= 4 is 23.2 Å². The minimum atomic E-state index is -0.865. The van der Waals surface area contributed by atoms with Gasteiger partial charge in [-0.05, 0) is 36.8 Å². The maximum atomic E-state index is 12.3. The Bertz CT molecular complexity index is 788. The minimum Gasteiger partial charge on any atom is -0.495 e. The summed E-state index contributed by atoms with van der Waals surface area (Å²) in [7, 11) is 1.54. The molecule has 1 aliphatic rings. The largest absolute Gasteiger partial charge is 0.495 e. The third kappa shape index (κ3) is 3.32. The topological polar surface area (TPSA) is 76.7 Å². The third-order valence-electron chi connectivity index (χ3n) is 3.71. The van der Waals surface area contributed by atoms with Crippen molar-refractivity contribution in [3.63, 3.8) is 0 Å². The minimum absolute atomic E-state index is 0.0860. The fourth-order valence-corrected chi connectivity index (χ4v) is 2.52. The second kappa shape index (κ2) is 6.62. The van der Waals surface area contributed by atoms with Crippen molar-refractivity contribution in [2.24, 2.45) is 0 Å². The van der Waals surface area contributed by atoms with Crippen molar-refractivity contribution in [3.8, 4) is 11.5 Å². The zero-order valence-corrected chi connectivity index (χ0v) is 13.5. The quantitative estimate of drug-likeness (QED) is 0.906. The molecule has 0 aromatic heterocycles. The highest BCUT2D eigenvalue weighted by molar-refractivity contribution is 6.02. The molecule has 0 spiro atoms. The molecule has 1 aliphatic heterocycles. The van der Waals surface area contributed by atoms with Gasteiger partial charge in [0, 0.05) is 0 Å². The van der Waals surface area contributed by atoms with E-state index in [-0.39, 0.29) is 18.2 Å². The Morgan fingerprint density at radius 2 is 2.08 bits per heavy atom. The van der Waals surface area contributed by atoms with E-state index in [0.29, 0.717) is 22.9 Å². The van der Waals surface area contributed by atoms with E-state index in [4.69, 9.17) is 9.47 Å². The summed E-state index contributed by atoms with van der Waals surface area (Å²) in [5.41, 5.74) is 2.17. The van der Waals surface area contributed by atoms with Gasteiger partial charge in [-0.3, -0.25) is 9.59 Å². The molecule has 0 saturated heterocycles. The van der Waals surface area contributed by atoms with E-state index in [1.807, 2.05) is 25.1 Å². The maximum absolute atomic E-state index is 12.3. The summed E-state index contributed by atoms with van der Waals surface area (Å²) in [5, 5.41) is 5.51. The highest BCUT2D eigenvalue weighted by Gasteiger charge is 2.29. The van der Waals surface area contributed by atoms with Gasteiger partial charge in [0.05, 0.1) is 24.9 Å². The lowest BCUT2D eigenvalue weighted by molar-refractivity contribution is -0.128. The van der Waals surface area contributed by atoms with E-state index in [0.717, 1.165) is 5.56 Å². The van der Waals surface area contributed by atoms with Crippen LogP contribution >= 0.6 is 0 Å². The van der Waals surface area contributed by atoms with Gasteiger partial charge in [-0.2, -0.15) is 0 Å². The highest BCUT2D eigenvalue weighted by atomic mass is 16.5. The smallest absolute Gasteiger partial charge is 0.266 e. The summed E-state index contributed by atoms with van der Waals surface area (Å²) in [6.45, 7) is 1.92. The second-order valence-corrected chi connectivity index (χ2v) is 5.55. The van der Waals surface area contributed by atoms with Crippen molar-refractivity contribution < 1.29 is 19.1 Å². The van der Waals surface area contributed by atoms with E-state index < -0.39 is 6.10 Å². The Hall–Kier alpha value is -3.02. The number of nitrogens with one attached hydrogen (secondary N) is 2. The van der Waals surface area contributed by atoms with Gasteiger partial charge in [0.1, 0.15) is 11.5 Å². The highest BCUT2D eigenvalue weighted by Crippen LogP contribution is 2.30. The summed E-state index contributed by atoms with van der Waals surface area (Å²) in [5.74, 6) is 0.467. The molecular weight excluding hydrogens is 308 g/mol. The van der Waals surface area contributed by atoms with E-state index >= 15 is 0 Å². The summed E-state index contributed by atoms with van der Waals surface area (Å²) in [6, 6.07) is 12.6. The average Bonchev–Trinajstić information content (AvgIpc) is 2.55. The first-order valence-electron chi connectivity index (χ1n) is 7.58. The van der Waals surface area contributed by atoms with Crippen LogP contribution in [0.2, 0.25) is 0 Å². The molecule has 6 nitrogen and oxygen atoms in total. The lowest BCUT2D eigenvalue weighted by atomic mass is 10.1. The van der Waals surface area contributed by atoms with Gasteiger partial charge in [0.15, 0.2) is 6.10 Å². The number of aryl methyl sites for hydroxylation is 1. The zero-order valence-electron chi connectivity index (χ0n) is 13.5. The van der Waals surface area contributed by atoms with Gasteiger partial charge < -0.3 is 20.1 Å². The summed E-state index contributed by atoms with van der Waals surface area (Å²) >= 11 is 0. The van der Waals surface area contributed by atoms with Crippen LogP contribution in [0, 0.1) is 6.92 Å². The number of amides is 2. The molecule has 0 bridgehead atoms. The maximum Gasteiger partial charge on any atom is 0.266 e. The first-order valence-corrected chi connectivity index (χ1v) is 7.58. The Labute approximate surface area is 139 Å². The first-order chi connectivity index (χ1) is 11.6. The molecule has 2 aromatic carbocycles. The number of hydrogen-bond acceptors (Lipinski definition) is 4. The molecule has 0 unspecified atom stereocenters. The molecule has 6 heteroatoms. The van der Waals surface area contributed by atoms with E-state index in [2.05, 4.69) is 10.6 Å². The number of hydrogen-bond donors (Lipinski definition) is 2. The molecule has 124 valence electrons. The molecule has 0 saturated carbocycles. The lowest BCUT2D eigenvalue weighted by Crippen LogP contribution is -2.39. The van der Waals surface area contributed by atoms with Crippen LogP contribution in [0.15, 0.2) is 42.5 Å². The van der Waals surface area contributed by atoms with Crippen molar-refractivity contribution in [1.29, 1.82) is 0 Å². The molecule has 1 atom stereocenters. The predicted molar refractivity (Wildman–Crippen MR) is 90.5 cm³/mol. The summed E-state index contributed by atoms with van der Waals surface area (Å²) < 4.78 is 10.9. The molecule has 1 heterocycles. The Morgan fingerprint density at radius 3 is 2.88 bits per heavy atom. The number of anilines is 2. The van der Waals surface area contributed by atoms with Gasteiger partial charge in [0.2, 0.25) is 5.91 Å². The number of benzene rings is 2. The Balaban J connectivity index is 1.70. The van der Waals surface area contributed by atoms with Crippen LogP contribution in [0.25, 0.3) is 0 Å². The third-order valence-corrected chi connectivity index (χ3v) is 3.71. The SMILES string of the molecule is COc1ccc(C)cc1NC(=O)C[C@H]1Oc2ccccc2NC1=O. The van der Waals surface area contributed by atoms with Crippen LogP contribution in [0.5, 0.6) is 11.5 Å². The van der Waals surface area contributed by atoms with Crippen LogP contribution in [0.4, 0.5) is 11.4 Å². The lowest BCUT2D eigenvalue weighted by Gasteiger charge is -2.25.